The molecule has 0 bridgehead atoms. The molecule has 1 aromatic heterocycles. The quantitative estimate of drug-likeness (QED) is 0.870. The van der Waals surface area contributed by atoms with Gasteiger partial charge in [0.15, 0.2) is 0 Å². The highest BCUT2D eigenvalue weighted by Crippen LogP contribution is 2.17. The maximum absolute atomic E-state index is 5.44. The molecule has 96 valence electrons. The van der Waals surface area contributed by atoms with E-state index in [0.29, 0.717) is 12.1 Å². The number of hydrogen-bond donors (Lipinski definition) is 1. The molecule has 0 radical (unpaired) electrons. The van der Waals surface area contributed by atoms with Crippen molar-refractivity contribution in [3.63, 3.8) is 0 Å². The van der Waals surface area contributed by atoms with Gasteiger partial charge in [0, 0.05) is 25.2 Å². The Morgan fingerprint density at radius 3 is 3.06 bits per heavy atom. The van der Waals surface area contributed by atoms with Crippen LogP contribution in [0.15, 0.2) is 22.8 Å². The van der Waals surface area contributed by atoms with E-state index in [-0.39, 0.29) is 0 Å². The Balaban J connectivity index is 1.95. The van der Waals surface area contributed by atoms with Crippen LogP contribution >= 0.6 is 0 Å². The molecule has 0 aromatic carbocycles. The van der Waals surface area contributed by atoms with E-state index in [4.69, 9.17) is 4.42 Å². The standard InChI is InChI=1S/C14H24N2O/c1-4-11(2)14-10-16(12(3)8-15-14)9-13-6-5-7-17-13/h5-7,11-12,14-15H,4,8-10H2,1-3H3. The molecule has 0 spiro atoms. The summed E-state index contributed by atoms with van der Waals surface area (Å²) in [5, 5.41) is 3.66. The predicted molar refractivity (Wildman–Crippen MR) is 69.8 cm³/mol. The van der Waals surface area contributed by atoms with Crippen LogP contribution in [0.2, 0.25) is 0 Å². The highest BCUT2D eigenvalue weighted by molar-refractivity contribution is 4.99. The van der Waals surface area contributed by atoms with E-state index < -0.39 is 0 Å². The number of nitrogens with zero attached hydrogens (tertiary/aromatic N) is 1. The molecule has 0 saturated carbocycles. The van der Waals surface area contributed by atoms with Crippen LogP contribution < -0.4 is 5.32 Å². The predicted octanol–water partition coefficient (Wildman–Crippen LogP) is 2.49. The highest BCUT2D eigenvalue weighted by atomic mass is 16.3. The first kappa shape index (κ1) is 12.7. The van der Waals surface area contributed by atoms with Crippen molar-refractivity contribution in [2.24, 2.45) is 5.92 Å². The zero-order valence-corrected chi connectivity index (χ0v) is 11.1. The lowest BCUT2D eigenvalue weighted by Crippen LogP contribution is -2.56. The molecule has 1 aliphatic heterocycles. The first-order valence-corrected chi connectivity index (χ1v) is 6.70. The Hall–Kier alpha value is -0.800. The number of furan rings is 1. The summed E-state index contributed by atoms with van der Waals surface area (Å²) >= 11 is 0. The van der Waals surface area contributed by atoms with Crippen molar-refractivity contribution in [3.8, 4) is 0 Å². The molecule has 0 aliphatic carbocycles. The molecule has 1 fully saturated rings. The van der Waals surface area contributed by atoms with E-state index >= 15 is 0 Å². The second-order valence-electron chi connectivity index (χ2n) is 5.26. The van der Waals surface area contributed by atoms with E-state index in [1.165, 1.54) is 6.42 Å². The Kier molecular flexibility index (Phi) is 4.24. The van der Waals surface area contributed by atoms with Gasteiger partial charge in [-0.15, -0.1) is 0 Å². The molecule has 0 amide bonds. The number of hydrogen-bond acceptors (Lipinski definition) is 3. The van der Waals surface area contributed by atoms with Gasteiger partial charge in [0.2, 0.25) is 0 Å². The van der Waals surface area contributed by atoms with Crippen LogP contribution in [-0.2, 0) is 6.54 Å². The van der Waals surface area contributed by atoms with Crippen LogP contribution in [0.25, 0.3) is 0 Å². The molecule has 2 rings (SSSR count). The van der Waals surface area contributed by atoms with E-state index in [2.05, 4.69) is 37.1 Å². The van der Waals surface area contributed by atoms with E-state index in [1.54, 1.807) is 6.26 Å². The van der Waals surface area contributed by atoms with Crippen molar-refractivity contribution in [1.82, 2.24) is 10.2 Å². The fourth-order valence-electron chi connectivity index (χ4n) is 2.44. The second kappa shape index (κ2) is 5.69. The van der Waals surface area contributed by atoms with Crippen molar-refractivity contribution in [3.05, 3.63) is 24.2 Å². The van der Waals surface area contributed by atoms with Gasteiger partial charge in [-0.1, -0.05) is 20.3 Å². The maximum atomic E-state index is 5.44. The summed E-state index contributed by atoms with van der Waals surface area (Å²) in [5.41, 5.74) is 0. The topological polar surface area (TPSA) is 28.4 Å². The summed E-state index contributed by atoms with van der Waals surface area (Å²) in [4.78, 5) is 2.52. The minimum atomic E-state index is 0.584. The van der Waals surface area contributed by atoms with Crippen molar-refractivity contribution >= 4 is 0 Å². The van der Waals surface area contributed by atoms with E-state index in [0.717, 1.165) is 31.3 Å². The van der Waals surface area contributed by atoms with Gasteiger partial charge in [0.05, 0.1) is 12.8 Å². The van der Waals surface area contributed by atoms with Crippen molar-refractivity contribution in [1.29, 1.82) is 0 Å². The monoisotopic (exact) mass is 236 g/mol. The Morgan fingerprint density at radius 2 is 2.41 bits per heavy atom. The maximum Gasteiger partial charge on any atom is 0.117 e. The number of rotatable bonds is 4. The summed E-state index contributed by atoms with van der Waals surface area (Å²) < 4.78 is 5.44. The van der Waals surface area contributed by atoms with Gasteiger partial charge < -0.3 is 9.73 Å². The van der Waals surface area contributed by atoms with Crippen molar-refractivity contribution < 1.29 is 4.42 Å². The average molecular weight is 236 g/mol. The lowest BCUT2D eigenvalue weighted by atomic mass is 9.95. The third-order valence-electron chi connectivity index (χ3n) is 4.00. The molecule has 3 unspecified atom stereocenters. The van der Waals surface area contributed by atoms with Crippen LogP contribution in [0.4, 0.5) is 0 Å². The van der Waals surface area contributed by atoms with Gasteiger partial charge in [-0.05, 0) is 25.0 Å². The normalized spacial score (nSPS) is 28.2. The summed E-state index contributed by atoms with van der Waals surface area (Å²) in [6.45, 7) is 10.0. The minimum absolute atomic E-state index is 0.584. The highest BCUT2D eigenvalue weighted by Gasteiger charge is 2.27. The zero-order chi connectivity index (χ0) is 12.3. The Morgan fingerprint density at radius 1 is 1.59 bits per heavy atom. The molecular weight excluding hydrogens is 212 g/mol. The van der Waals surface area contributed by atoms with Gasteiger partial charge >= 0.3 is 0 Å². The lowest BCUT2D eigenvalue weighted by molar-refractivity contribution is 0.104. The first-order valence-electron chi connectivity index (χ1n) is 6.70. The van der Waals surface area contributed by atoms with E-state index in [9.17, 15) is 0 Å². The summed E-state index contributed by atoms with van der Waals surface area (Å²) in [7, 11) is 0. The third-order valence-corrected chi connectivity index (χ3v) is 4.00. The van der Waals surface area contributed by atoms with Crippen LogP contribution in [0, 0.1) is 5.92 Å². The molecule has 3 nitrogen and oxygen atoms in total. The van der Waals surface area contributed by atoms with Crippen LogP contribution in [0.5, 0.6) is 0 Å². The third kappa shape index (κ3) is 3.11. The van der Waals surface area contributed by atoms with Crippen LogP contribution in [0.1, 0.15) is 33.0 Å². The van der Waals surface area contributed by atoms with E-state index in [1.807, 2.05) is 6.07 Å². The smallest absolute Gasteiger partial charge is 0.117 e. The van der Waals surface area contributed by atoms with Gasteiger partial charge in [-0.3, -0.25) is 4.90 Å². The molecule has 1 saturated heterocycles. The second-order valence-corrected chi connectivity index (χ2v) is 5.26. The van der Waals surface area contributed by atoms with Crippen LogP contribution in [0.3, 0.4) is 0 Å². The fraction of sp³-hybridized carbons (Fsp3) is 0.714. The molecule has 3 atom stereocenters. The minimum Gasteiger partial charge on any atom is -0.468 e. The van der Waals surface area contributed by atoms with Gasteiger partial charge in [-0.2, -0.15) is 0 Å². The molecule has 1 aromatic rings. The number of nitrogens with one attached hydrogen (secondary N) is 1. The Bertz CT molecular complexity index is 323. The van der Waals surface area contributed by atoms with Crippen LogP contribution in [-0.4, -0.2) is 30.1 Å². The van der Waals surface area contributed by atoms with Crippen molar-refractivity contribution in [2.45, 2.75) is 45.8 Å². The number of piperazine rings is 1. The summed E-state index contributed by atoms with van der Waals surface area (Å²) in [5.74, 6) is 1.81. The molecular formula is C14H24N2O. The first-order chi connectivity index (χ1) is 8.20. The molecule has 3 heteroatoms. The van der Waals surface area contributed by atoms with Gasteiger partial charge in [0.25, 0.3) is 0 Å². The van der Waals surface area contributed by atoms with Gasteiger partial charge in [0.1, 0.15) is 5.76 Å². The van der Waals surface area contributed by atoms with Crippen molar-refractivity contribution in [2.75, 3.05) is 13.1 Å². The van der Waals surface area contributed by atoms with Gasteiger partial charge in [-0.25, -0.2) is 0 Å². The summed E-state index contributed by atoms with van der Waals surface area (Å²) in [6, 6.07) is 5.23. The molecule has 1 aliphatic rings. The molecule has 17 heavy (non-hydrogen) atoms. The fourth-order valence-corrected chi connectivity index (χ4v) is 2.44. The average Bonchev–Trinajstić information content (AvgIpc) is 2.84. The molecule has 1 N–H and O–H groups in total. The zero-order valence-electron chi connectivity index (χ0n) is 11.1. The summed E-state index contributed by atoms with van der Waals surface area (Å²) in [6.07, 6.45) is 3.00. The largest absolute Gasteiger partial charge is 0.468 e. The molecule has 2 heterocycles. The lowest BCUT2D eigenvalue weighted by Gasteiger charge is -2.40. The SMILES string of the molecule is CCC(C)C1CN(Cc2ccco2)C(C)CN1. The Labute approximate surface area is 104 Å².